The van der Waals surface area contributed by atoms with Gasteiger partial charge >= 0.3 is 0 Å². The summed E-state index contributed by atoms with van der Waals surface area (Å²) >= 11 is 0. The number of amides is 1. The topological polar surface area (TPSA) is 55.1 Å². The van der Waals surface area contributed by atoms with Gasteiger partial charge in [-0.05, 0) is 30.2 Å². The van der Waals surface area contributed by atoms with Gasteiger partial charge in [-0.1, -0.05) is 36.4 Å². The summed E-state index contributed by atoms with van der Waals surface area (Å²) in [6.07, 6.45) is 0.845. The Balaban J connectivity index is 1.83. The molecule has 4 heteroatoms. The number of rotatable bonds is 5. The van der Waals surface area contributed by atoms with E-state index in [2.05, 4.69) is 5.32 Å². The molecule has 0 spiro atoms. The lowest BCUT2D eigenvalue weighted by atomic mass is 10.0. The highest BCUT2D eigenvalue weighted by Crippen LogP contribution is 2.16. The van der Waals surface area contributed by atoms with Gasteiger partial charge in [0.15, 0.2) is 0 Å². The van der Waals surface area contributed by atoms with Crippen LogP contribution in [0.25, 0.3) is 0 Å². The summed E-state index contributed by atoms with van der Waals surface area (Å²) in [5.74, 6) is -0.536. The molecule has 2 aromatic carbocycles. The van der Waals surface area contributed by atoms with Crippen molar-refractivity contribution >= 4 is 11.6 Å². The van der Waals surface area contributed by atoms with E-state index in [1.54, 1.807) is 12.1 Å². The van der Waals surface area contributed by atoms with Gasteiger partial charge in [-0.25, -0.2) is 4.39 Å². The Kier molecular flexibility index (Phi) is 4.85. The molecule has 3 N–H and O–H groups in total. The molecular weight excluding hydrogens is 255 g/mol. The van der Waals surface area contributed by atoms with E-state index < -0.39 is 0 Å². The Labute approximate surface area is 117 Å². The zero-order chi connectivity index (χ0) is 14.4. The predicted octanol–water partition coefficient (Wildman–Crippen LogP) is 3.24. The van der Waals surface area contributed by atoms with Crippen LogP contribution < -0.4 is 11.1 Å². The molecule has 0 saturated carbocycles. The number of anilines is 1. The summed E-state index contributed by atoms with van der Waals surface area (Å²) in [4.78, 5) is 11.8. The maximum absolute atomic E-state index is 13.0. The monoisotopic (exact) mass is 272 g/mol. The Morgan fingerprint density at radius 1 is 1.15 bits per heavy atom. The van der Waals surface area contributed by atoms with Crippen LogP contribution in [0.5, 0.6) is 0 Å². The van der Waals surface area contributed by atoms with Crippen LogP contribution in [-0.4, -0.2) is 5.91 Å². The molecule has 0 aliphatic carbocycles. The fourth-order valence-corrected chi connectivity index (χ4v) is 1.94. The quantitative estimate of drug-likeness (QED) is 0.878. The third kappa shape index (κ3) is 4.17. The lowest BCUT2D eigenvalue weighted by Crippen LogP contribution is -2.16. The summed E-state index contributed by atoms with van der Waals surface area (Å²) in [7, 11) is 0. The highest BCUT2D eigenvalue weighted by Gasteiger charge is 2.09. The number of hydrogen-bond acceptors (Lipinski definition) is 2. The van der Waals surface area contributed by atoms with Crippen LogP contribution >= 0.6 is 0 Å². The van der Waals surface area contributed by atoms with Crippen LogP contribution in [-0.2, 0) is 4.79 Å². The van der Waals surface area contributed by atoms with Gasteiger partial charge in [0.25, 0.3) is 0 Å². The molecule has 0 heterocycles. The summed E-state index contributed by atoms with van der Waals surface area (Å²) in [5, 5.41) is 2.66. The molecule has 2 rings (SSSR count). The second-order valence-electron chi connectivity index (χ2n) is 4.61. The Hall–Kier alpha value is -2.20. The van der Waals surface area contributed by atoms with Crippen LogP contribution in [0.2, 0.25) is 0 Å². The first-order valence-corrected chi connectivity index (χ1v) is 6.51. The molecule has 0 radical (unpaired) electrons. The molecule has 0 fully saturated rings. The molecule has 0 aliphatic rings. The van der Waals surface area contributed by atoms with E-state index in [4.69, 9.17) is 5.73 Å². The number of benzene rings is 2. The van der Waals surface area contributed by atoms with E-state index >= 15 is 0 Å². The van der Waals surface area contributed by atoms with Crippen molar-refractivity contribution in [3.8, 4) is 0 Å². The van der Waals surface area contributed by atoms with Crippen LogP contribution in [0.15, 0.2) is 54.6 Å². The van der Waals surface area contributed by atoms with Crippen molar-refractivity contribution < 1.29 is 9.18 Å². The van der Waals surface area contributed by atoms with Crippen molar-refractivity contribution in [3.05, 3.63) is 66.0 Å². The van der Waals surface area contributed by atoms with Crippen molar-refractivity contribution in [1.29, 1.82) is 0 Å². The van der Waals surface area contributed by atoms with Crippen molar-refractivity contribution in [2.24, 2.45) is 5.73 Å². The highest BCUT2D eigenvalue weighted by molar-refractivity contribution is 5.90. The number of halogens is 1. The molecule has 104 valence electrons. The van der Waals surface area contributed by atoms with E-state index in [9.17, 15) is 9.18 Å². The van der Waals surface area contributed by atoms with Crippen LogP contribution in [0, 0.1) is 5.82 Å². The van der Waals surface area contributed by atoms with Crippen LogP contribution in [0.4, 0.5) is 10.1 Å². The zero-order valence-electron chi connectivity index (χ0n) is 11.1. The number of hydrogen-bond donors (Lipinski definition) is 2. The molecule has 0 saturated heterocycles. The van der Waals surface area contributed by atoms with E-state index in [0.717, 1.165) is 5.56 Å². The van der Waals surface area contributed by atoms with E-state index in [0.29, 0.717) is 18.5 Å². The first kappa shape index (κ1) is 14.2. The molecule has 0 bridgehead atoms. The van der Waals surface area contributed by atoms with Gasteiger partial charge in [-0.15, -0.1) is 0 Å². The summed E-state index contributed by atoms with van der Waals surface area (Å²) < 4.78 is 13.0. The third-order valence-corrected chi connectivity index (χ3v) is 3.02. The van der Waals surface area contributed by atoms with Crippen LogP contribution in [0.1, 0.15) is 24.4 Å². The van der Waals surface area contributed by atoms with Crippen molar-refractivity contribution in [2.75, 3.05) is 5.32 Å². The number of nitrogens with two attached hydrogens (primary N) is 1. The molecule has 1 atom stereocenters. The second-order valence-corrected chi connectivity index (χ2v) is 4.61. The Bertz CT molecular complexity index is 572. The lowest BCUT2D eigenvalue weighted by Gasteiger charge is -2.11. The SMILES string of the molecule is NC(CCC(=O)Nc1cccc(F)c1)c1ccccc1. The van der Waals surface area contributed by atoms with E-state index in [1.807, 2.05) is 30.3 Å². The van der Waals surface area contributed by atoms with Crippen LogP contribution in [0.3, 0.4) is 0 Å². The molecule has 2 aromatic rings. The number of carbonyl (C=O) groups is 1. The fraction of sp³-hybridized carbons (Fsp3) is 0.188. The molecule has 0 aromatic heterocycles. The lowest BCUT2D eigenvalue weighted by molar-refractivity contribution is -0.116. The molecule has 1 unspecified atom stereocenters. The molecule has 3 nitrogen and oxygen atoms in total. The maximum Gasteiger partial charge on any atom is 0.224 e. The van der Waals surface area contributed by atoms with E-state index in [1.165, 1.54) is 12.1 Å². The van der Waals surface area contributed by atoms with Gasteiger partial charge in [0.2, 0.25) is 5.91 Å². The summed E-state index contributed by atoms with van der Waals surface area (Å²) in [6.45, 7) is 0. The largest absolute Gasteiger partial charge is 0.326 e. The van der Waals surface area contributed by atoms with Gasteiger partial charge in [0.1, 0.15) is 5.82 Å². The van der Waals surface area contributed by atoms with Crippen molar-refractivity contribution in [2.45, 2.75) is 18.9 Å². The molecular formula is C16H17FN2O. The van der Waals surface area contributed by atoms with Crippen molar-refractivity contribution in [3.63, 3.8) is 0 Å². The minimum Gasteiger partial charge on any atom is -0.326 e. The second kappa shape index (κ2) is 6.82. The Morgan fingerprint density at radius 2 is 1.90 bits per heavy atom. The first-order chi connectivity index (χ1) is 9.65. The highest BCUT2D eigenvalue weighted by atomic mass is 19.1. The summed E-state index contributed by atoms with van der Waals surface area (Å²) in [5.41, 5.74) is 7.49. The van der Waals surface area contributed by atoms with Gasteiger partial charge in [-0.3, -0.25) is 4.79 Å². The third-order valence-electron chi connectivity index (χ3n) is 3.02. The fourth-order valence-electron chi connectivity index (χ4n) is 1.94. The molecule has 1 amide bonds. The molecule has 0 aliphatic heterocycles. The van der Waals surface area contributed by atoms with E-state index in [-0.39, 0.29) is 17.8 Å². The smallest absolute Gasteiger partial charge is 0.224 e. The van der Waals surface area contributed by atoms with Gasteiger partial charge in [0.05, 0.1) is 0 Å². The number of carbonyl (C=O) groups excluding carboxylic acids is 1. The minimum absolute atomic E-state index is 0.165. The number of nitrogens with one attached hydrogen (secondary N) is 1. The first-order valence-electron chi connectivity index (χ1n) is 6.51. The molecule has 20 heavy (non-hydrogen) atoms. The van der Waals surface area contributed by atoms with Gasteiger partial charge in [-0.2, -0.15) is 0 Å². The minimum atomic E-state index is -0.371. The summed E-state index contributed by atoms with van der Waals surface area (Å²) in [6, 6.07) is 15.3. The van der Waals surface area contributed by atoms with Crippen molar-refractivity contribution in [1.82, 2.24) is 0 Å². The average Bonchev–Trinajstić information content (AvgIpc) is 2.46. The zero-order valence-corrected chi connectivity index (χ0v) is 11.1. The normalized spacial score (nSPS) is 11.9. The van der Waals surface area contributed by atoms with Gasteiger partial charge in [0, 0.05) is 18.2 Å². The predicted molar refractivity (Wildman–Crippen MR) is 77.6 cm³/mol. The standard InChI is InChI=1S/C16H17FN2O/c17-13-7-4-8-14(11-13)19-16(20)10-9-15(18)12-5-2-1-3-6-12/h1-8,11,15H,9-10,18H2,(H,19,20). The van der Waals surface area contributed by atoms with Gasteiger partial charge < -0.3 is 11.1 Å². The maximum atomic E-state index is 13.0. The average molecular weight is 272 g/mol. The Morgan fingerprint density at radius 3 is 2.60 bits per heavy atom.